The van der Waals surface area contributed by atoms with Crippen molar-refractivity contribution in [2.24, 2.45) is 11.7 Å². The smallest absolute Gasteiger partial charge is 0.304 e. The van der Waals surface area contributed by atoms with E-state index in [9.17, 15) is 29.1 Å². The molecule has 6 atom stereocenters. The highest BCUT2D eigenvalue weighted by Gasteiger charge is 2.37. The molecular weight excluding hydrogens is 654 g/mol. The summed E-state index contributed by atoms with van der Waals surface area (Å²) >= 11 is 6.09. The first-order chi connectivity index (χ1) is 23.3. The topological polar surface area (TPSA) is 181 Å². The Morgan fingerprint density at radius 2 is 1.65 bits per heavy atom. The van der Waals surface area contributed by atoms with E-state index in [4.69, 9.17) is 26.8 Å². The van der Waals surface area contributed by atoms with Gasteiger partial charge in [-0.2, -0.15) is 0 Å². The molecule has 5 unspecified atom stereocenters. The Hall–Kier alpha value is -4.04. The molecule has 0 aliphatic carbocycles. The zero-order chi connectivity index (χ0) is 36.1. The van der Waals surface area contributed by atoms with Gasteiger partial charge < -0.3 is 40.7 Å². The average molecular weight is 702 g/mol. The summed E-state index contributed by atoms with van der Waals surface area (Å²) in [6, 6.07) is 12.7. The molecule has 0 radical (unpaired) electrons. The maximum absolute atomic E-state index is 13.7. The molecule has 4 amide bonds. The Balaban J connectivity index is 1.79. The summed E-state index contributed by atoms with van der Waals surface area (Å²) in [6.07, 6.45) is 0.552. The number of amides is 4. The highest BCUT2D eigenvalue weighted by molar-refractivity contribution is 6.30. The van der Waals surface area contributed by atoms with Gasteiger partial charge in [0.1, 0.15) is 6.04 Å². The number of nitrogens with one attached hydrogen (secondary N) is 2. The van der Waals surface area contributed by atoms with Gasteiger partial charge in [-0.1, -0.05) is 54.1 Å². The van der Waals surface area contributed by atoms with Gasteiger partial charge in [0.2, 0.25) is 23.6 Å². The van der Waals surface area contributed by atoms with E-state index in [0.717, 1.165) is 11.1 Å². The molecule has 1 aliphatic rings. The van der Waals surface area contributed by atoms with Crippen LogP contribution in [0.5, 0.6) is 0 Å². The number of nitrogens with two attached hydrogens (primary N) is 1. The van der Waals surface area contributed by atoms with Gasteiger partial charge in [-0.3, -0.25) is 24.0 Å². The fraction of sp³-hybridized carbons (Fsp3) is 0.514. The van der Waals surface area contributed by atoms with Crippen molar-refractivity contribution in [1.82, 2.24) is 20.4 Å². The lowest BCUT2D eigenvalue weighted by molar-refractivity contribution is -0.146. The predicted octanol–water partition coefficient (Wildman–Crippen LogP) is 1.64. The summed E-state index contributed by atoms with van der Waals surface area (Å²) in [7, 11) is 4.59. The number of aliphatic carboxylic acids is 1. The molecule has 49 heavy (non-hydrogen) atoms. The number of carboxylic acid groups (broad SMARTS) is 1. The van der Waals surface area contributed by atoms with Gasteiger partial charge in [-0.15, -0.1) is 0 Å². The highest BCUT2D eigenvalue weighted by atomic mass is 35.5. The third kappa shape index (κ3) is 12.1. The van der Waals surface area contributed by atoms with Crippen LogP contribution in [-0.2, 0) is 46.3 Å². The number of nitrogens with zero attached hydrogens (tertiary/aromatic N) is 2. The molecule has 0 bridgehead atoms. The quantitative estimate of drug-likeness (QED) is 0.191. The van der Waals surface area contributed by atoms with Crippen molar-refractivity contribution in [2.75, 3.05) is 41.0 Å². The minimum Gasteiger partial charge on any atom is -0.481 e. The average Bonchev–Trinajstić information content (AvgIpc) is 3.07. The van der Waals surface area contributed by atoms with Crippen LogP contribution in [-0.4, -0.2) is 116 Å². The molecule has 3 rings (SSSR count). The van der Waals surface area contributed by atoms with E-state index < -0.39 is 53.9 Å². The lowest BCUT2D eigenvalue weighted by Crippen LogP contribution is -2.59. The van der Waals surface area contributed by atoms with Gasteiger partial charge in [-0.25, -0.2) is 0 Å². The number of hydrogen-bond donors (Lipinski definition) is 4. The normalized spacial score (nSPS) is 18.3. The van der Waals surface area contributed by atoms with Crippen LogP contribution in [0.3, 0.4) is 0 Å². The summed E-state index contributed by atoms with van der Waals surface area (Å²) in [5, 5.41) is 15.7. The molecular formula is C35H48ClN5O8. The van der Waals surface area contributed by atoms with Crippen molar-refractivity contribution in [3.8, 4) is 0 Å². The third-order valence-electron chi connectivity index (χ3n) is 8.67. The maximum atomic E-state index is 13.7. The van der Waals surface area contributed by atoms with E-state index in [-0.39, 0.29) is 44.3 Å². The molecule has 0 aromatic heterocycles. The Labute approximate surface area is 292 Å². The molecule has 0 spiro atoms. The van der Waals surface area contributed by atoms with E-state index in [1.54, 1.807) is 26.2 Å². The number of carbonyl (C=O) groups is 5. The Bertz CT molecular complexity index is 1410. The molecule has 268 valence electrons. The predicted molar refractivity (Wildman–Crippen MR) is 184 cm³/mol. The highest BCUT2D eigenvalue weighted by Crippen LogP contribution is 2.22. The third-order valence-corrected chi connectivity index (χ3v) is 8.92. The van der Waals surface area contributed by atoms with Crippen LogP contribution < -0.4 is 16.4 Å². The van der Waals surface area contributed by atoms with Gasteiger partial charge in [0.05, 0.1) is 43.7 Å². The van der Waals surface area contributed by atoms with E-state index in [2.05, 4.69) is 10.6 Å². The zero-order valence-corrected chi connectivity index (χ0v) is 29.2. The van der Waals surface area contributed by atoms with Crippen LogP contribution in [0.4, 0.5) is 0 Å². The van der Waals surface area contributed by atoms with Gasteiger partial charge in [0.25, 0.3) is 0 Å². The van der Waals surface area contributed by atoms with Gasteiger partial charge in [0.15, 0.2) is 0 Å². The fourth-order valence-electron chi connectivity index (χ4n) is 5.92. The number of rotatable bonds is 17. The van der Waals surface area contributed by atoms with Crippen molar-refractivity contribution in [2.45, 2.75) is 69.2 Å². The standard InChI is InChI=1S/C35H48ClN5O8/c1-22(37)33(45)39-29(20-48-4)35(47)40(2)27(17-24-10-12-26(36)13-11-24)19-31(42)38-28-21-49-15-14-30(28)41(3)34(46)25(18-32(43)44)16-23-8-6-5-7-9-23/h5-13,22,25,27-30H,14-21,37H2,1-4H3,(H,38,42)(H,39,45)(H,43,44)/t22?,25-,27?,28?,29?,30?/m1/s1. The molecule has 5 N–H and O–H groups in total. The summed E-state index contributed by atoms with van der Waals surface area (Å²) in [5.41, 5.74) is 7.39. The fourth-order valence-corrected chi connectivity index (χ4v) is 6.05. The summed E-state index contributed by atoms with van der Waals surface area (Å²) in [5.74, 6) is -3.57. The number of carbonyl (C=O) groups excluding carboxylic acids is 4. The van der Waals surface area contributed by atoms with Crippen LogP contribution in [0.1, 0.15) is 37.3 Å². The number of methoxy groups -OCH3 is 1. The Kier molecular flexibility index (Phi) is 15.5. The summed E-state index contributed by atoms with van der Waals surface area (Å²) in [4.78, 5) is 68.1. The Morgan fingerprint density at radius 3 is 2.27 bits per heavy atom. The molecule has 1 saturated heterocycles. The molecule has 14 heteroatoms. The molecule has 0 saturated carbocycles. The first kappa shape index (κ1) is 39.4. The number of ether oxygens (including phenoxy) is 2. The number of carboxylic acids is 1. The second kappa shape index (κ2) is 19.2. The molecule has 2 aromatic carbocycles. The lowest BCUT2D eigenvalue weighted by Gasteiger charge is -2.40. The maximum Gasteiger partial charge on any atom is 0.304 e. The van der Waals surface area contributed by atoms with E-state index in [0.29, 0.717) is 24.5 Å². The lowest BCUT2D eigenvalue weighted by atomic mass is 9.92. The monoisotopic (exact) mass is 701 g/mol. The molecule has 1 heterocycles. The zero-order valence-electron chi connectivity index (χ0n) is 28.5. The second-order valence-corrected chi connectivity index (χ2v) is 12.9. The van der Waals surface area contributed by atoms with Crippen molar-refractivity contribution >= 4 is 41.2 Å². The van der Waals surface area contributed by atoms with Crippen molar-refractivity contribution in [1.29, 1.82) is 0 Å². The van der Waals surface area contributed by atoms with Crippen molar-refractivity contribution < 1.29 is 38.6 Å². The van der Waals surface area contributed by atoms with Gasteiger partial charge in [0, 0.05) is 45.3 Å². The minimum atomic E-state index is -1.07. The minimum absolute atomic E-state index is 0.101. The number of benzene rings is 2. The molecule has 2 aromatic rings. The van der Waals surface area contributed by atoms with Crippen LogP contribution in [0.25, 0.3) is 0 Å². The van der Waals surface area contributed by atoms with Crippen LogP contribution >= 0.6 is 11.6 Å². The second-order valence-electron chi connectivity index (χ2n) is 12.5. The molecule has 1 fully saturated rings. The summed E-state index contributed by atoms with van der Waals surface area (Å²) < 4.78 is 10.9. The van der Waals surface area contributed by atoms with Crippen LogP contribution in [0, 0.1) is 5.92 Å². The largest absolute Gasteiger partial charge is 0.481 e. The first-order valence-corrected chi connectivity index (χ1v) is 16.6. The van der Waals surface area contributed by atoms with Crippen LogP contribution in [0.15, 0.2) is 54.6 Å². The number of halogens is 1. The van der Waals surface area contributed by atoms with Crippen molar-refractivity contribution in [3.05, 3.63) is 70.7 Å². The van der Waals surface area contributed by atoms with E-state index >= 15 is 0 Å². The first-order valence-electron chi connectivity index (χ1n) is 16.3. The van der Waals surface area contributed by atoms with E-state index in [1.807, 2.05) is 42.5 Å². The molecule has 1 aliphatic heterocycles. The van der Waals surface area contributed by atoms with Crippen molar-refractivity contribution in [3.63, 3.8) is 0 Å². The number of hydrogen-bond acceptors (Lipinski definition) is 8. The Morgan fingerprint density at radius 1 is 1.00 bits per heavy atom. The van der Waals surface area contributed by atoms with Gasteiger partial charge >= 0.3 is 5.97 Å². The number of likely N-dealkylation sites (N-methyl/N-ethyl adjacent to an activating group) is 2. The van der Waals surface area contributed by atoms with Gasteiger partial charge in [-0.05, 0) is 49.4 Å². The van der Waals surface area contributed by atoms with E-state index in [1.165, 1.54) is 23.8 Å². The summed E-state index contributed by atoms with van der Waals surface area (Å²) in [6.45, 7) is 1.91. The molecule has 13 nitrogen and oxygen atoms in total. The SMILES string of the molecule is COCC(NC(=O)C(C)N)C(=O)N(C)C(CC(=O)NC1COCCC1N(C)C(=O)[C@@H](CC(=O)O)Cc1ccccc1)Cc1ccc(Cl)cc1. The van der Waals surface area contributed by atoms with Crippen LogP contribution in [0.2, 0.25) is 5.02 Å².